The molecule has 1 amide bonds. The lowest BCUT2D eigenvalue weighted by atomic mass is 9.67. The highest BCUT2D eigenvalue weighted by molar-refractivity contribution is 5.85. The minimum Gasteiger partial charge on any atom is -0.336 e. The molecule has 1 aliphatic carbocycles. The van der Waals surface area contributed by atoms with Crippen LogP contribution in [0.4, 0.5) is 0 Å². The van der Waals surface area contributed by atoms with E-state index in [0.717, 1.165) is 25.9 Å². The quantitative estimate of drug-likeness (QED) is 0.737. The maximum atomic E-state index is 12.1. The fraction of sp³-hybridized carbons (Fsp3) is 0.909. The molecule has 86 valence electrons. The number of carbonyl (C=O) groups is 1. The smallest absolute Gasteiger partial charge is 0.240 e. The molecule has 0 aromatic rings. The van der Waals surface area contributed by atoms with Gasteiger partial charge in [-0.25, -0.2) is 0 Å². The molecule has 2 saturated heterocycles. The first kappa shape index (κ1) is 11.2. The molecule has 3 fully saturated rings. The minimum absolute atomic E-state index is 0. The number of hydrogen-bond donors (Lipinski definition) is 1. The first-order chi connectivity index (χ1) is 6.82. The van der Waals surface area contributed by atoms with Gasteiger partial charge in [-0.05, 0) is 45.1 Å². The summed E-state index contributed by atoms with van der Waals surface area (Å²) in [5.41, 5.74) is 0.335. The molecule has 3 nitrogen and oxygen atoms in total. The first-order valence-electron chi connectivity index (χ1n) is 5.87. The Morgan fingerprint density at radius 1 is 1.27 bits per heavy atom. The highest BCUT2D eigenvalue weighted by Crippen LogP contribution is 2.47. The van der Waals surface area contributed by atoms with E-state index in [9.17, 15) is 4.79 Å². The normalized spacial score (nSPS) is 31.7. The lowest BCUT2D eigenvalue weighted by molar-refractivity contribution is -0.157. The van der Waals surface area contributed by atoms with Crippen molar-refractivity contribution in [1.82, 2.24) is 10.2 Å². The Balaban J connectivity index is 0.000000853. The van der Waals surface area contributed by atoms with Crippen molar-refractivity contribution in [3.05, 3.63) is 0 Å². The molecular weight excluding hydrogens is 212 g/mol. The zero-order chi connectivity index (χ0) is 9.60. The standard InChI is InChI=1S/C11H18N2O.ClH/c14-10(9-3-1-7-12-9)13-8-6-11(13)4-2-5-11;/h9,12H,1-8H2;1H. The second kappa shape index (κ2) is 3.95. The zero-order valence-corrected chi connectivity index (χ0v) is 9.81. The zero-order valence-electron chi connectivity index (χ0n) is 9.00. The summed E-state index contributed by atoms with van der Waals surface area (Å²) in [6.07, 6.45) is 7.30. The highest BCUT2D eigenvalue weighted by atomic mass is 35.5. The molecule has 1 spiro atoms. The van der Waals surface area contributed by atoms with Gasteiger partial charge in [-0.3, -0.25) is 4.79 Å². The number of likely N-dealkylation sites (tertiary alicyclic amines) is 1. The average Bonchev–Trinajstić information content (AvgIpc) is 2.50. The number of halogens is 1. The van der Waals surface area contributed by atoms with Crippen molar-refractivity contribution in [3.8, 4) is 0 Å². The van der Waals surface area contributed by atoms with Gasteiger partial charge in [0.25, 0.3) is 0 Å². The van der Waals surface area contributed by atoms with Crippen LogP contribution in [0.25, 0.3) is 0 Å². The molecule has 1 saturated carbocycles. The maximum Gasteiger partial charge on any atom is 0.240 e. The first-order valence-corrected chi connectivity index (χ1v) is 5.87. The van der Waals surface area contributed by atoms with E-state index >= 15 is 0 Å². The molecule has 3 rings (SSSR count). The van der Waals surface area contributed by atoms with Crippen molar-refractivity contribution in [1.29, 1.82) is 0 Å². The Kier molecular flexibility index (Phi) is 2.95. The number of rotatable bonds is 1. The van der Waals surface area contributed by atoms with E-state index in [0.29, 0.717) is 11.4 Å². The van der Waals surface area contributed by atoms with Crippen LogP contribution in [-0.4, -0.2) is 35.5 Å². The molecular formula is C11H19ClN2O. The van der Waals surface area contributed by atoms with E-state index in [1.807, 2.05) is 0 Å². The summed E-state index contributed by atoms with van der Waals surface area (Å²) in [6, 6.07) is 0.146. The molecule has 3 aliphatic rings. The summed E-state index contributed by atoms with van der Waals surface area (Å²) >= 11 is 0. The van der Waals surface area contributed by atoms with E-state index < -0.39 is 0 Å². The Bertz CT molecular complexity index is 254. The third kappa shape index (κ3) is 1.56. The third-order valence-corrected chi connectivity index (χ3v) is 4.28. The van der Waals surface area contributed by atoms with Crippen molar-refractivity contribution in [2.45, 2.75) is 50.1 Å². The third-order valence-electron chi connectivity index (χ3n) is 4.28. The Morgan fingerprint density at radius 3 is 2.47 bits per heavy atom. The molecule has 1 unspecified atom stereocenters. The predicted octanol–water partition coefficient (Wildman–Crippen LogP) is 1.32. The van der Waals surface area contributed by atoms with Crippen LogP contribution in [0.3, 0.4) is 0 Å². The van der Waals surface area contributed by atoms with Gasteiger partial charge in [-0.2, -0.15) is 0 Å². The second-order valence-corrected chi connectivity index (χ2v) is 4.97. The van der Waals surface area contributed by atoms with Gasteiger partial charge in [0.15, 0.2) is 0 Å². The van der Waals surface area contributed by atoms with E-state index in [2.05, 4.69) is 10.2 Å². The largest absolute Gasteiger partial charge is 0.336 e. The summed E-state index contributed by atoms with van der Waals surface area (Å²) < 4.78 is 0. The van der Waals surface area contributed by atoms with Crippen molar-refractivity contribution in [2.75, 3.05) is 13.1 Å². The number of nitrogens with one attached hydrogen (secondary N) is 1. The molecule has 0 aromatic carbocycles. The molecule has 0 aromatic heterocycles. The molecule has 1 N–H and O–H groups in total. The SMILES string of the molecule is Cl.O=C(C1CCCN1)N1CCC12CCC2. The fourth-order valence-electron chi connectivity index (χ4n) is 3.07. The van der Waals surface area contributed by atoms with Crippen molar-refractivity contribution >= 4 is 18.3 Å². The molecule has 2 aliphatic heterocycles. The van der Waals surface area contributed by atoms with E-state index in [1.54, 1.807) is 0 Å². The molecule has 4 heteroatoms. The minimum atomic E-state index is 0. The fourth-order valence-corrected chi connectivity index (χ4v) is 3.07. The van der Waals surface area contributed by atoms with Crippen LogP contribution in [0, 0.1) is 0 Å². The van der Waals surface area contributed by atoms with Gasteiger partial charge >= 0.3 is 0 Å². The van der Waals surface area contributed by atoms with Crippen molar-refractivity contribution < 1.29 is 4.79 Å². The van der Waals surface area contributed by atoms with Gasteiger partial charge in [0, 0.05) is 12.1 Å². The number of hydrogen-bond acceptors (Lipinski definition) is 2. The molecule has 1 atom stereocenters. The van der Waals surface area contributed by atoms with Crippen LogP contribution in [0.1, 0.15) is 38.5 Å². The van der Waals surface area contributed by atoms with Crippen LogP contribution in [0.5, 0.6) is 0 Å². The van der Waals surface area contributed by atoms with Crippen molar-refractivity contribution in [2.24, 2.45) is 0 Å². The van der Waals surface area contributed by atoms with Crippen LogP contribution in [0.15, 0.2) is 0 Å². The summed E-state index contributed by atoms with van der Waals surface area (Å²) in [5.74, 6) is 0.383. The maximum absolute atomic E-state index is 12.1. The topological polar surface area (TPSA) is 32.3 Å². The monoisotopic (exact) mass is 230 g/mol. The molecule has 0 radical (unpaired) electrons. The van der Waals surface area contributed by atoms with Gasteiger partial charge in [-0.15, -0.1) is 12.4 Å². The highest BCUT2D eigenvalue weighted by Gasteiger charge is 2.52. The van der Waals surface area contributed by atoms with Gasteiger partial charge in [-0.1, -0.05) is 0 Å². The van der Waals surface area contributed by atoms with Gasteiger partial charge < -0.3 is 10.2 Å². The Morgan fingerprint density at radius 2 is 2.07 bits per heavy atom. The average molecular weight is 231 g/mol. The van der Waals surface area contributed by atoms with Gasteiger partial charge in [0.05, 0.1) is 6.04 Å². The predicted molar refractivity (Wildman–Crippen MR) is 61.2 cm³/mol. The van der Waals surface area contributed by atoms with Crippen LogP contribution in [-0.2, 0) is 4.79 Å². The van der Waals surface area contributed by atoms with Gasteiger partial charge in [0.2, 0.25) is 5.91 Å². The van der Waals surface area contributed by atoms with E-state index in [1.165, 1.54) is 25.7 Å². The molecule has 15 heavy (non-hydrogen) atoms. The lowest BCUT2D eigenvalue weighted by Gasteiger charge is -2.59. The summed E-state index contributed by atoms with van der Waals surface area (Å²) in [7, 11) is 0. The van der Waals surface area contributed by atoms with Crippen LogP contribution < -0.4 is 5.32 Å². The molecule has 2 heterocycles. The summed E-state index contributed by atoms with van der Waals surface area (Å²) in [4.78, 5) is 14.3. The van der Waals surface area contributed by atoms with Crippen LogP contribution in [0.2, 0.25) is 0 Å². The summed E-state index contributed by atoms with van der Waals surface area (Å²) in [6.45, 7) is 2.04. The van der Waals surface area contributed by atoms with E-state index in [4.69, 9.17) is 0 Å². The number of amides is 1. The number of nitrogens with zero attached hydrogens (tertiary/aromatic N) is 1. The Hall–Kier alpha value is -0.280. The Labute approximate surface area is 97.0 Å². The van der Waals surface area contributed by atoms with Crippen molar-refractivity contribution in [3.63, 3.8) is 0 Å². The number of carbonyl (C=O) groups excluding carboxylic acids is 1. The molecule has 0 bridgehead atoms. The van der Waals surface area contributed by atoms with E-state index in [-0.39, 0.29) is 18.4 Å². The lowest BCUT2D eigenvalue weighted by Crippen LogP contribution is -2.67. The second-order valence-electron chi connectivity index (χ2n) is 4.97. The van der Waals surface area contributed by atoms with Crippen LogP contribution >= 0.6 is 12.4 Å². The summed E-state index contributed by atoms with van der Waals surface area (Å²) in [5, 5.41) is 3.30. The van der Waals surface area contributed by atoms with Gasteiger partial charge in [0.1, 0.15) is 0 Å².